The number of hydrogen-bond acceptors (Lipinski definition) is 4. The van der Waals surface area contributed by atoms with Gasteiger partial charge in [0.2, 0.25) is 5.91 Å². The predicted octanol–water partition coefficient (Wildman–Crippen LogP) is 5.04. The highest BCUT2D eigenvalue weighted by atomic mass is 32.1. The first kappa shape index (κ1) is 21.8. The third-order valence-corrected chi connectivity index (χ3v) is 5.71. The average Bonchev–Trinajstić information content (AvgIpc) is 3.31. The Morgan fingerprint density at radius 3 is 2.33 bits per heavy atom. The first-order chi connectivity index (χ1) is 14.3. The van der Waals surface area contributed by atoms with Crippen LogP contribution in [0.25, 0.3) is 0 Å². The molecule has 0 radical (unpaired) electrons. The number of thiophene rings is 1. The average molecular weight is 425 g/mol. The van der Waals surface area contributed by atoms with E-state index in [4.69, 9.17) is 0 Å². The molecule has 0 saturated carbocycles. The lowest BCUT2D eigenvalue weighted by Gasteiger charge is -2.09. The Balaban J connectivity index is 1.53. The van der Waals surface area contributed by atoms with Crippen molar-refractivity contribution >= 4 is 34.5 Å². The molecule has 2 N–H and O–H groups in total. The number of benzene rings is 1. The number of rotatable bonds is 8. The molecule has 2 aromatic heterocycles. The fourth-order valence-corrected chi connectivity index (χ4v) is 3.94. The van der Waals surface area contributed by atoms with Crippen LogP contribution in [0.15, 0.2) is 41.8 Å². The van der Waals surface area contributed by atoms with Gasteiger partial charge < -0.3 is 10.6 Å². The summed E-state index contributed by atoms with van der Waals surface area (Å²) in [4.78, 5) is 25.2. The maximum absolute atomic E-state index is 12.4. The Morgan fingerprint density at radius 1 is 1.07 bits per heavy atom. The van der Waals surface area contributed by atoms with Crippen LogP contribution in [0.4, 0.5) is 11.4 Å². The number of hydrogen-bond donors (Lipinski definition) is 2. The highest BCUT2D eigenvalue weighted by Crippen LogP contribution is 2.19. The summed E-state index contributed by atoms with van der Waals surface area (Å²) in [6, 6.07) is 10.8. The number of aromatic nitrogens is 2. The highest BCUT2D eigenvalue weighted by Gasteiger charge is 2.14. The van der Waals surface area contributed by atoms with E-state index in [1.807, 2.05) is 23.1 Å². The van der Waals surface area contributed by atoms with Crippen LogP contribution >= 0.6 is 11.3 Å². The van der Waals surface area contributed by atoms with Crippen LogP contribution in [0.2, 0.25) is 0 Å². The van der Waals surface area contributed by atoms with E-state index in [2.05, 4.69) is 36.5 Å². The zero-order valence-electron chi connectivity index (χ0n) is 17.9. The molecule has 0 saturated heterocycles. The van der Waals surface area contributed by atoms with Gasteiger partial charge in [-0.3, -0.25) is 14.3 Å². The lowest BCUT2D eigenvalue weighted by molar-refractivity contribution is -0.116. The molecule has 0 atom stereocenters. The Bertz CT molecular complexity index is 1000. The Hall–Kier alpha value is -2.93. The van der Waals surface area contributed by atoms with Crippen LogP contribution < -0.4 is 10.6 Å². The van der Waals surface area contributed by atoms with E-state index in [1.54, 1.807) is 30.3 Å². The summed E-state index contributed by atoms with van der Waals surface area (Å²) < 4.78 is 2.04. The number of amides is 2. The maximum atomic E-state index is 12.4. The van der Waals surface area contributed by atoms with Gasteiger partial charge >= 0.3 is 0 Å². The number of carbonyl (C=O) groups is 2. The molecule has 1 aromatic carbocycles. The fourth-order valence-electron chi connectivity index (χ4n) is 3.32. The molecule has 0 aliphatic heterocycles. The monoisotopic (exact) mass is 424 g/mol. The van der Waals surface area contributed by atoms with E-state index in [0.29, 0.717) is 35.0 Å². The van der Waals surface area contributed by atoms with Crippen molar-refractivity contribution in [1.29, 1.82) is 0 Å². The molecule has 0 aliphatic rings. The van der Waals surface area contributed by atoms with Gasteiger partial charge in [-0.15, -0.1) is 11.3 Å². The van der Waals surface area contributed by atoms with Crippen molar-refractivity contribution in [2.75, 3.05) is 10.6 Å². The summed E-state index contributed by atoms with van der Waals surface area (Å²) in [5, 5.41) is 12.3. The van der Waals surface area contributed by atoms with Crippen molar-refractivity contribution in [2.45, 2.75) is 47.1 Å². The molecule has 2 amide bonds. The van der Waals surface area contributed by atoms with E-state index in [1.165, 1.54) is 11.3 Å². The second-order valence-corrected chi connectivity index (χ2v) is 8.73. The van der Waals surface area contributed by atoms with Crippen molar-refractivity contribution in [2.24, 2.45) is 5.92 Å². The second kappa shape index (κ2) is 9.71. The SMILES string of the molecule is Cc1nn(CC(C)C)c(C)c1CCC(=O)Nc1ccc(NC(=O)c2cccs2)cc1. The number of nitrogens with one attached hydrogen (secondary N) is 2. The van der Waals surface area contributed by atoms with Crippen LogP contribution in [0.3, 0.4) is 0 Å². The maximum Gasteiger partial charge on any atom is 0.265 e. The van der Waals surface area contributed by atoms with Gasteiger partial charge in [-0.25, -0.2) is 0 Å². The summed E-state index contributed by atoms with van der Waals surface area (Å²) in [5.74, 6) is 0.350. The molecule has 0 spiro atoms. The molecule has 0 aliphatic carbocycles. The van der Waals surface area contributed by atoms with Gasteiger partial charge in [-0.2, -0.15) is 5.10 Å². The second-order valence-electron chi connectivity index (χ2n) is 7.78. The molecule has 0 bridgehead atoms. The number of aryl methyl sites for hydroxylation is 1. The summed E-state index contributed by atoms with van der Waals surface area (Å²) in [6.07, 6.45) is 1.06. The first-order valence-electron chi connectivity index (χ1n) is 10.1. The standard InChI is InChI=1S/C23H28N4O2S/c1-15(2)14-27-17(4)20(16(3)26-27)11-12-22(28)24-18-7-9-19(10-8-18)25-23(29)21-6-5-13-30-21/h5-10,13,15H,11-12,14H2,1-4H3,(H,24,28)(H,25,29). The van der Waals surface area contributed by atoms with Gasteiger partial charge in [0.15, 0.2) is 0 Å². The minimum absolute atomic E-state index is 0.0409. The van der Waals surface area contributed by atoms with Gasteiger partial charge in [-0.05, 0) is 67.5 Å². The van der Waals surface area contributed by atoms with Gasteiger partial charge in [-0.1, -0.05) is 19.9 Å². The molecular formula is C23H28N4O2S. The van der Waals surface area contributed by atoms with E-state index in [9.17, 15) is 9.59 Å². The smallest absolute Gasteiger partial charge is 0.265 e. The topological polar surface area (TPSA) is 76.0 Å². The lowest BCUT2D eigenvalue weighted by Crippen LogP contribution is -2.13. The van der Waals surface area contributed by atoms with Crippen molar-refractivity contribution in [3.05, 3.63) is 63.6 Å². The predicted molar refractivity (Wildman–Crippen MR) is 122 cm³/mol. The van der Waals surface area contributed by atoms with Crippen LogP contribution in [-0.2, 0) is 17.8 Å². The molecule has 30 heavy (non-hydrogen) atoms. The van der Waals surface area contributed by atoms with Gasteiger partial charge in [0.05, 0.1) is 10.6 Å². The minimum Gasteiger partial charge on any atom is -0.326 e. The molecule has 158 valence electrons. The first-order valence-corrected chi connectivity index (χ1v) is 11.0. The van der Waals surface area contributed by atoms with Crippen LogP contribution in [0.1, 0.15) is 46.9 Å². The van der Waals surface area contributed by atoms with Gasteiger partial charge in [0, 0.05) is 30.0 Å². The number of carbonyl (C=O) groups excluding carboxylic acids is 2. The van der Waals surface area contributed by atoms with Crippen molar-refractivity contribution in [1.82, 2.24) is 9.78 Å². The van der Waals surface area contributed by atoms with E-state index in [-0.39, 0.29) is 11.8 Å². The fraction of sp³-hybridized carbons (Fsp3) is 0.348. The Morgan fingerprint density at radius 2 is 1.73 bits per heavy atom. The van der Waals surface area contributed by atoms with E-state index < -0.39 is 0 Å². The van der Waals surface area contributed by atoms with Crippen molar-refractivity contribution in [3.8, 4) is 0 Å². The normalized spacial score (nSPS) is 11.0. The summed E-state index contributed by atoms with van der Waals surface area (Å²) >= 11 is 1.40. The molecule has 7 heteroatoms. The van der Waals surface area contributed by atoms with Crippen molar-refractivity contribution < 1.29 is 9.59 Å². The van der Waals surface area contributed by atoms with Crippen LogP contribution in [-0.4, -0.2) is 21.6 Å². The molecule has 0 fully saturated rings. The quantitative estimate of drug-likeness (QED) is 0.532. The number of nitrogens with zero attached hydrogens (tertiary/aromatic N) is 2. The zero-order valence-corrected chi connectivity index (χ0v) is 18.7. The molecule has 3 rings (SSSR count). The molecular weight excluding hydrogens is 396 g/mol. The third-order valence-electron chi connectivity index (χ3n) is 4.84. The van der Waals surface area contributed by atoms with E-state index in [0.717, 1.165) is 23.5 Å². The largest absolute Gasteiger partial charge is 0.326 e. The Kier molecular flexibility index (Phi) is 7.05. The zero-order chi connectivity index (χ0) is 21.7. The minimum atomic E-state index is -0.134. The van der Waals surface area contributed by atoms with E-state index >= 15 is 0 Å². The lowest BCUT2D eigenvalue weighted by atomic mass is 10.1. The Labute approximate surface area is 181 Å². The van der Waals surface area contributed by atoms with Gasteiger partial charge in [0.25, 0.3) is 5.91 Å². The molecule has 3 aromatic rings. The van der Waals surface area contributed by atoms with Gasteiger partial charge in [0.1, 0.15) is 0 Å². The van der Waals surface area contributed by atoms with Crippen molar-refractivity contribution in [3.63, 3.8) is 0 Å². The summed E-state index contributed by atoms with van der Waals surface area (Å²) in [7, 11) is 0. The molecule has 2 heterocycles. The number of anilines is 2. The third kappa shape index (κ3) is 5.57. The highest BCUT2D eigenvalue weighted by molar-refractivity contribution is 7.12. The van der Waals surface area contributed by atoms with Crippen LogP contribution in [0.5, 0.6) is 0 Å². The van der Waals surface area contributed by atoms with Crippen LogP contribution in [0, 0.1) is 19.8 Å². The summed E-state index contributed by atoms with van der Waals surface area (Å²) in [5.41, 5.74) is 4.68. The molecule has 0 unspecified atom stereocenters. The summed E-state index contributed by atoms with van der Waals surface area (Å²) in [6.45, 7) is 9.29. The molecule has 6 nitrogen and oxygen atoms in total.